The van der Waals surface area contributed by atoms with Gasteiger partial charge in [-0.25, -0.2) is 0 Å². The Hall–Kier alpha value is -2.57. The highest BCUT2D eigenvalue weighted by Crippen LogP contribution is 2.16. The molecule has 2 heterocycles. The first-order valence-electron chi connectivity index (χ1n) is 10.3. The second-order valence-electron chi connectivity index (χ2n) is 7.39. The van der Waals surface area contributed by atoms with E-state index in [-0.39, 0.29) is 17.7 Å². The van der Waals surface area contributed by atoms with Gasteiger partial charge in [0.15, 0.2) is 0 Å². The number of rotatable bonds is 8. The van der Waals surface area contributed by atoms with Gasteiger partial charge >= 0.3 is 0 Å². The van der Waals surface area contributed by atoms with E-state index in [0.29, 0.717) is 38.8 Å². The van der Waals surface area contributed by atoms with E-state index in [1.807, 2.05) is 23.1 Å². The highest BCUT2D eigenvalue weighted by atomic mass is 16.2. The number of para-hydroxylation sites is 1. The van der Waals surface area contributed by atoms with Gasteiger partial charge in [-0.05, 0) is 25.0 Å². The van der Waals surface area contributed by atoms with Crippen LogP contribution >= 0.6 is 0 Å². The lowest BCUT2D eigenvalue weighted by atomic mass is 10.2. The summed E-state index contributed by atoms with van der Waals surface area (Å²) in [4.78, 5) is 41.7. The molecule has 0 atom stereocenters. The number of carbonyl (C=O) groups is 3. The molecule has 0 radical (unpaired) electrons. The van der Waals surface area contributed by atoms with Gasteiger partial charge in [0.05, 0.1) is 0 Å². The topological polar surface area (TPSA) is 73.0 Å². The molecule has 7 heteroatoms. The van der Waals surface area contributed by atoms with E-state index in [1.165, 1.54) is 5.69 Å². The molecule has 2 aliphatic heterocycles. The molecule has 2 aliphatic rings. The lowest BCUT2D eigenvalue weighted by Crippen LogP contribution is -2.48. The largest absolute Gasteiger partial charge is 0.368 e. The van der Waals surface area contributed by atoms with E-state index < -0.39 is 0 Å². The molecule has 28 heavy (non-hydrogen) atoms. The maximum absolute atomic E-state index is 12.4. The molecule has 0 aromatic heterocycles. The molecule has 0 bridgehead atoms. The average molecular weight is 386 g/mol. The van der Waals surface area contributed by atoms with Crippen LogP contribution in [0.1, 0.15) is 32.1 Å². The number of amides is 3. The minimum Gasteiger partial charge on any atom is -0.368 e. The highest BCUT2D eigenvalue weighted by molar-refractivity contribution is 5.80. The number of piperazine rings is 1. The van der Waals surface area contributed by atoms with Crippen LogP contribution in [0.2, 0.25) is 0 Å². The molecule has 1 aromatic carbocycles. The summed E-state index contributed by atoms with van der Waals surface area (Å²) in [6, 6.07) is 10.3. The van der Waals surface area contributed by atoms with Crippen molar-refractivity contribution in [2.75, 3.05) is 50.7 Å². The summed E-state index contributed by atoms with van der Waals surface area (Å²) in [6.45, 7) is 4.94. The molecule has 0 aliphatic carbocycles. The fraction of sp³-hybridized carbons (Fsp3) is 0.571. The van der Waals surface area contributed by atoms with Gasteiger partial charge in [0.2, 0.25) is 17.7 Å². The minimum absolute atomic E-state index is 0.0522. The van der Waals surface area contributed by atoms with Crippen molar-refractivity contribution < 1.29 is 14.4 Å². The second kappa shape index (κ2) is 10.1. The Balaban J connectivity index is 1.26. The number of carbonyl (C=O) groups excluding carboxylic acids is 3. The van der Waals surface area contributed by atoms with Crippen LogP contribution in [0.25, 0.3) is 0 Å². The van der Waals surface area contributed by atoms with Crippen molar-refractivity contribution in [2.45, 2.75) is 32.1 Å². The molecular weight excluding hydrogens is 356 g/mol. The summed E-state index contributed by atoms with van der Waals surface area (Å²) in [5.41, 5.74) is 1.20. The molecule has 0 unspecified atom stereocenters. The molecule has 3 rings (SSSR count). The van der Waals surface area contributed by atoms with E-state index in [4.69, 9.17) is 0 Å². The quantitative estimate of drug-likeness (QED) is 0.683. The van der Waals surface area contributed by atoms with Crippen molar-refractivity contribution in [1.29, 1.82) is 0 Å². The first kappa shape index (κ1) is 20.2. The van der Waals surface area contributed by atoms with Gasteiger partial charge in [0, 0.05) is 70.8 Å². The van der Waals surface area contributed by atoms with Crippen molar-refractivity contribution in [2.24, 2.45) is 0 Å². The maximum atomic E-state index is 12.4. The number of nitrogens with one attached hydrogen (secondary N) is 1. The van der Waals surface area contributed by atoms with Crippen LogP contribution in [0.3, 0.4) is 0 Å². The van der Waals surface area contributed by atoms with E-state index in [2.05, 4.69) is 22.3 Å². The third-order valence-corrected chi connectivity index (χ3v) is 5.42. The van der Waals surface area contributed by atoms with Crippen LogP contribution in [0, 0.1) is 0 Å². The van der Waals surface area contributed by atoms with Gasteiger partial charge in [-0.3, -0.25) is 14.4 Å². The van der Waals surface area contributed by atoms with Gasteiger partial charge in [-0.2, -0.15) is 0 Å². The van der Waals surface area contributed by atoms with Crippen LogP contribution in [0.4, 0.5) is 5.69 Å². The fourth-order valence-corrected chi connectivity index (χ4v) is 3.74. The van der Waals surface area contributed by atoms with Crippen molar-refractivity contribution >= 4 is 23.4 Å². The zero-order valence-electron chi connectivity index (χ0n) is 16.4. The van der Waals surface area contributed by atoms with Crippen molar-refractivity contribution in [3.05, 3.63) is 30.3 Å². The van der Waals surface area contributed by atoms with Gasteiger partial charge in [-0.1, -0.05) is 18.2 Å². The first-order valence-corrected chi connectivity index (χ1v) is 10.3. The van der Waals surface area contributed by atoms with Crippen molar-refractivity contribution in [3.63, 3.8) is 0 Å². The third-order valence-electron chi connectivity index (χ3n) is 5.42. The smallest absolute Gasteiger partial charge is 0.222 e. The molecule has 2 fully saturated rings. The Labute approximate surface area is 166 Å². The van der Waals surface area contributed by atoms with E-state index >= 15 is 0 Å². The molecule has 3 amide bonds. The Morgan fingerprint density at radius 2 is 1.71 bits per heavy atom. The lowest BCUT2D eigenvalue weighted by Gasteiger charge is -2.36. The summed E-state index contributed by atoms with van der Waals surface area (Å²) in [5.74, 6) is 0.249. The average Bonchev–Trinajstić information content (AvgIpc) is 3.15. The van der Waals surface area contributed by atoms with Gasteiger partial charge in [0.25, 0.3) is 0 Å². The molecule has 0 spiro atoms. The monoisotopic (exact) mass is 386 g/mol. The van der Waals surface area contributed by atoms with Gasteiger partial charge in [-0.15, -0.1) is 0 Å². The summed E-state index contributed by atoms with van der Waals surface area (Å²) >= 11 is 0. The molecule has 7 nitrogen and oxygen atoms in total. The number of hydrogen-bond acceptors (Lipinski definition) is 4. The number of hydrogen-bond donors (Lipinski definition) is 1. The summed E-state index contributed by atoms with van der Waals surface area (Å²) in [7, 11) is 0. The second-order valence-corrected chi connectivity index (χ2v) is 7.39. The Bertz CT molecular complexity index is 671. The predicted octanol–water partition coefficient (Wildman–Crippen LogP) is 1.24. The fourth-order valence-electron chi connectivity index (χ4n) is 3.74. The Morgan fingerprint density at radius 1 is 0.964 bits per heavy atom. The van der Waals surface area contributed by atoms with E-state index in [9.17, 15) is 14.4 Å². The number of nitrogens with zero attached hydrogens (tertiary/aromatic N) is 3. The zero-order valence-corrected chi connectivity index (χ0v) is 16.4. The standard InChI is InChI=1S/C21H30N4O3/c26-19(10-13-24-12-5-9-21(24)28)22-11-4-8-20(27)25-16-14-23(15-17-25)18-6-2-1-3-7-18/h1-3,6-7H,4-5,8-17H2,(H,22,26). The molecule has 0 saturated carbocycles. The van der Waals surface area contributed by atoms with Crippen LogP contribution in [0.5, 0.6) is 0 Å². The predicted molar refractivity (Wildman–Crippen MR) is 108 cm³/mol. The SMILES string of the molecule is O=C(CCN1CCCC1=O)NCCCC(=O)N1CCN(c2ccccc2)CC1. The van der Waals surface area contributed by atoms with Crippen molar-refractivity contribution in [1.82, 2.24) is 15.1 Å². The zero-order chi connectivity index (χ0) is 19.8. The number of anilines is 1. The van der Waals surface area contributed by atoms with Crippen LogP contribution in [-0.2, 0) is 14.4 Å². The van der Waals surface area contributed by atoms with Crippen LogP contribution in [0.15, 0.2) is 30.3 Å². The normalized spacial score (nSPS) is 17.1. The minimum atomic E-state index is -0.0522. The van der Waals surface area contributed by atoms with E-state index in [1.54, 1.807) is 4.90 Å². The molecular formula is C21H30N4O3. The maximum Gasteiger partial charge on any atom is 0.222 e. The van der Waals surface area contributed by atoms with Crippen LogP contribution < -0.4 is 10.2 Å². The molecule has 152 valence electrons. The summed E-state index contributed by atoms with van der Waals surface area (Å²) in [5, 5.41) is 2.85. The highest BCUT2D eigenvalue weighted by Gasteiger charge is 2.21. The van der Waals surface area contributed by atoms with E-state index in [0.717, 1.165) is 39.1 Å². The van der Waals surface area contributed by atoms with Gasteiger partial charge in [0.1, 0.15) is 0 Å². The molecule has 2 saturated heterocycles. The first-order chi connectivity index (χ1) is 13.6. The van der Waals surface area contributed by atoms with Crippen molar-refractivity contribution in [3.8, 4) is 0 Å². The van der Waals surface area contributed by atoms with Gasteiger partial charge < -0.3 is 20.0 Å². The summed E-state index contributed by atoms with van der Waals surface area (Å²) in [6.07, 6.45) is 2.93. The van der Waals surface area contributed by atoms with Crippen LogP contribution in [-0.4, -0.2) is 73.3 Å². The number of benzene rings is 1. The Morgan fingerprint density at radius 3 is 2.39 bits per heavy atom. The number of likely N-dealkylation sites (tertiary alicyclic amines) is 1. The molecule has 1 aromatic rings. The molecule has 1 N–H and O–H groups in total. The third kappa shape index (κ3) is 5.71. The lowest BCUT2D eigenvalue weighted by molar-refractivity contribution is -0.132. The Kier molecular flexibility index (Phi) is 7.28. The summed E-state index contributed by atoms with van der Waals surface area (Å²) < 4.78 is 0.